The van der Waals surface area contributed by atoms with Crippen LogP contribution in [0, 0.1) is 0 Å². The Hall–Kier alpha value is -0.0800. The summed E-state index contributed by atoms with van der Waals surface area (Å²) in [5.74, 6) is 0. The summed E-state index contributed by atoms with van der Waals surface area (Å²) in [6.07, 6.45) is 6.55. The maximum atomic E-state index is 9.40. The number of hydrogen-bond donors (Lipinski definition) is 2. The van der Waals surface area contributed by atoms with Gasteiger partial charge in [0.15, 0.2) is 0 Å². The molecule has 0 bridgehead atoms. The van der Waals surface area contributed by atoms with Crippen LogP contribution >= 0.6 is 0 Å². The van der Waals surface area contributed by atoms with E-state index in [9.17, 15) is 5.11 Å². The van der Waals surface area contributed by atoms with Gasteiger partial charge in [-0.1, -0.05) is 32.6 Å². The minimum absolute atomic E-state index is 0.566. The molecular weight excluding hydrogens is 162 g/mol. The minimum Gasteiger partial charge on any atom is -0.389 e. The van der Waals surface area contributed by atoms with Crippen molar-refractivity contribution in [2.24, 2.45) is 0 Å². The van der Waals surface area contributed by atoms with Crippen molar-refractivity contribution >= 4 is 0 Å². The lowest BCUT2D eigenvalue weighted by molar-refractivity contribution is 0.0799. The lowest BCUT2D eigenvalue weighted by atomic mass is 10.1. The molecule has 0 fully saturated rings. The van der Waals surface area contributed by atoms with Gasteiger partial charge in [0, 0.05) is 6.54 Å². The quantitative estimate of drug-likeness (QED) is 0.572. The molecule has 0 aliphatic rings. The van der Waals surface area contributed by atoms with Crippen molar-refractivity contribution in [1.82, 2.24) is 5.32 Å². The van der Waals surface area contributed by atoms with Gasteiger partial charge in [0.2, 0.25) is 0 Å². The zero-order valence-corrected chi connectivity index (χ0v) is 9.40. The summed E-state index contributed by atoms with van der Waals surface area (Å²) in [5.41, 5.74) is -0.566. The smallest absolute Gasteiger partial charge is 0.0715 e. The molecule has 0 amide bonds. The molecule has 13 heavy (non-hydrogen) atoms. The van der Waals surface area contributed by atoms with E-state index in [2.05, 4.69) is 12.2 Å². The molecule has 0 unspecified atom stereocenters. The highest BCUT2D eigenvalue weighted by Crippen LogP contribution is 2.02. The molecule has 0 saturated heterocycles. The topological polar surface area (TPSA) is 32.3 Å². The van der Waals surface area contributed by atoms with Crippen molar-refractivity contribution in [1.29, 1.82) is 0 Å². The van der Waals surface area contributed by atoms with Crippen molar-refractivity contribution < 1.29 is 5.11 Å². The summed E-state index contributed by atoms with van der Waals surface area (Å²) < 4.78 is 0. The SMILES string of the molecule is CCCCCCCNCC(C)(C)O. The maximum Gasteiger partial charge on any atom is 0.0715 e. The summed E-state index contributed by atoms with van der Waals surface area (Å²) in [5, 5.41) is 12.6. The Kier molecular flexibility index (Phi) is 7.29. The monoisotopic (exact) mass is 187 g/mol. The second-order valence-electron chi connectivity index (χ2n) is 4.40. The van der Waals surface area contributed by atoms with Gasteiger partial charge >= 0.3 is 0 Å². The van der Waals surface area contributed by atoms with E-state index >= 15 is 0 Å². The number of rotatable bonds is 8. The molecule has 0 spiro atoms. The van der Waals surface area contributed by atoms with Gasteiger partial charge in [0.1, 0.15) is 0 Å². The van der Waals surface area contributed by atoms with E-state index in [1.807, 2.05) is 13.8 Å². The third-order valence-corrected chi connectivity index (χ3v) is 2.01. The summed E-state index contributed by atoms with van der Waals surface area (Å²) in [7, 11) is 0. The van der Waals surface area contributed by atoms with Crippen molar-refractivity contribution in [2.75, 3.05) is 13.1 Å². The predicted octanol–water partition coefficient (Wildman–Crippen LogP) is 2.32. The molecule has 0 atom stereocenters. The first-order chi connectivity index (χ1) is 6.06. The fraction of sp³-hybridized carbons (Fsp3) is 1.00. The van der Waals surface area contributed by atoms with Crippen molar-refractivity contribution in [3.05, 3.63) is 0 Å². The third kappa shape index (κ3) is 11.9. The van der Waals surface area contributed by atoms with Crippen LogP contribution in [-0.2, 0) is 0 Å². The van der Waals surface area contributed by atoms with Crippen LogP contribution in [0.25, 0.3) is 0 Å². The second-order valence-corrected chi connectivity index (χ2v) is 4.40. The number of aliphatic hydroxyl groups is 1. The normalized spacial score (nSPS) is 12.0. The van der Waals surface area contributed by atoms with Crippen molar-refractivity contribution in [3.63, 3.8) is 0 Å². The van der Waals surface area contributed by atoms with E-state index in [4.69, 9.17) is 0 Å². The Morgan fingerprint density at radius 1 is 1.08 bits per heavy atom. The molecule has 0 saturated carbocycles. The van der Waals surface area contributed by atoms with E-state index in [0.717, 1.165) is 6.54 Å². The highest BCUT2D eigenvalue weighted by Gasteiger charge is 2.10. The number of nitrogens with one attached hydrogen (secondary N) is 1. The largest absolute Gasteiger partial charge is 0.389 e. The molecule has 0 aromatic carbocycles. The standard InChI is InChI=1S/C11H25NO/c1-4-5-6-7-8-9-12-10-11(2,3)13/h12-13H,4-10H2,1-3H3. The fourth-order valence-electron chi connectivity index (χ4n) is 1.25. The average Bonchev–Trinajstić information content (AvgIpc) is 2.01. The first-order valence-electron chi connectivity index (χ1n) is 5.49. The molecule has 0 aliphatic heterocycles. The average molecular weight is 187 g/mol. The van der Waals surface area contributed by atoms with Crippen LogP contribution in [0.2, 0.25) is 0 Å². The first-order valence-corrected chi connectivity index (χ1v) is 5.49. The van der Waals surface area contributed by atoms with E-state index in [-0.39, 0.29) is 0 Å². The van der Waals surface area contributed by atoms with Gasteiger partial charge in [-0.3, -0.25) is 0 Å². The molecule has 2 N–H and O–H groups in total. The Morgan fingerprint density at radius 3 is 2.23 bits per heavy atom. The Labute approximate surface area is 82.7 Å². The van der Waals surface area contributed by atoms with Gasteiger partial charge < -0.3 is 10.4 Å². The van der Waals surface area contributed by atoms with Crippen LogP contribution in [0.1, 0.15) is 52.9 Å². The van der Waals surface area contributed by atoms with Crippen LogP contribution in [-0.4, -0.2) is 23.8 Å². The molecule has 0 aromatic rings. The highest BCUT2D eigenvalue weighted by molar-refractivity contribution is 4.67. The molecule has 0 aromatic heterocycles. The van der Waals surface area contributed by atoms with Gasteiger partial charge in [-0.25, -0.2) is 0 Å². The van der Waals surface area contributed by atoms with Gasteiger partial charge in [-0.05, 0) is 26.8 Å². The molecule has 0 rings (SSSR count). The third-order valence-electron chi connectivity index (χ3n) is 2.01. The van der Waals surface area contributed by atoms with Gasteiger partial charge in [-0.2, -0.15) is 0 Å². The first kappa shape index (κ1) is 12.9. The van der Waals surface area contributed by atoms with E-state index < -0.39 is 5.60 Å². The summed E-state index contributed by atoms with van der Waals surface area (Å²) in [6.45, 7) is 7.62. The van der Waals surface area contributed by atoms with Crippen LogP contribution < -0.4 is 5.32 Å². The highest BCUT2D eigenvalue weighted by atomic mass is 16.3. The van der Waals surface area contributed by atoms with Gasteiger partial charge in [-0.15, -0.1) is 0 Å². The molecule has 2 nitrogen and oxygen atoms in total. The molecule has 2 heteroatoms. The molecule has 80 valence electrons. The van der Waals surface area contributed by atoms with Gasteiger partial charge in [0.05, 0.1) is 5.60 Å². The second kappa shape index (κ2) is 7.34. The summed E-state index contributed by atoms with van der Waals surface area (Å²) in [6, 6.07) is 0. The molecule has 0 aliphatic carbocycles. The fourth-order valence-corrected chi connectivity index (χ4v) is 1.25. The molecular formula is C11H25NO. The number of unbranched alkanes of at least 4 members (excludes halogenated alkanes) is 4. The minimum atomic E-state index is -0.566. The Bertz CT molecular complexity index is 107. The van der Waals surface area contributed by atoms with Crippen LogP contribution in [0.4, 0.5) is 0 Å². The Morgan fingerprint density at radius 2 is 1.69 bits per heavy atom. The lowest BCUT2D eigenvalue weighted by Crippen LogP contribution is -2.35. The van der Waals surface area contributed by atoms with Gasteiger partial charge in [0.25, 0.3) is 0 Å². The summed E-state index contributed by atoms with van der Waals surface area (Å²) in [4.78, 5) is 0. The van der Waals surface area contributed by atoms with E-state index in [0.29, 0.717) is 6.54 Å². The van der Waals surface area contributed by atoms with E-state index in [1.54, 1.807) is 0 Å². The van der Waals surface area contributed by atoms with Crippen LogP contribution in [0.15, 0.2) is 0 Å². The van der Waals surface area contributed by atoms with Crippen molar-refractivity contribution in [3.8, 4) is 0 Å². The molecule has 0 radical (unpaired) electrons. The van der Waals surface area contributed by atoms with Crippen molar-refractivity contribution in [2.45, 2.75) is 58.5 Å². The zero-order chi connectivity index (χ0) is 10.2. The number of hydrogen-bond acceptors (Lipinski definition) is 2. The van der Waals surface area contributed by atoms with E-state index in [1.165, 1.54) is 32.1 Å². The predicted molar refractivity (Wildman–Crippen MR) is 57.9 cm³/mol. The zero-order valence-electron chi connectivity index (χ0n) is 9.40. The maximum absolute atomic E-state index is 9.40. The molecule has 0 heterocycles. The summed E-state index contributed by atoms with van der Waals surface area (Å²) >= 11 is 0. The van der Waals surface area contributed by atoms with Crippen LogP contribution in [0.3, 0.4) is 0 Å². The lowest BCUT2D eigenvalue weighted by Gasteiger charge is -2.17. The Balaban J connectivity index is 3.00. The van der Waals surface area contributed by atoms with Crippen LogP contribution in [0.5, 0.6) is 0 Å².